The molecule has 9 heteroatoms. The fourth-order valence-corrected chi connectivity index (χ4v) is 2.67. The first-order valence-corrected chi connectivity index (χ1v) is 7.05. The van der Waals surface area contributed by atoms with Crippen LogP contribution in [0.25, 0.3) is 0 Å². The van der Waals surface area contributed by atoms with E-state index in [1.807, 2.05) is 4.98 Å². The minimum Gasteiger partial charge on any atom is -0.394 e. The number of hydrogen-bond donors (Lipinski definition) is 5. The Balaban J connectivity index is 3.10. The van der Waals surface area contributed by atoms with E-state index in [-0.39, 0.29) is 0 Å². The maximum atomic E-state index is 11.7. The number of H-pyrrole nitrogens is 1. The Morgan fingerprint density at radius 3 is 2.45 bits per heavy atom. The molecule has 1 rings (SSSR count). The zero-order chi connectivity index (χ0) is 15.3. The van der Waals surface area contributed by atoms with Crippen LogP contribution in [0.4, 0.5) is 0 Å². The van der Waals surface area contributed by atoms with Crippen molar-refractivity contribution < 1.29 is 20.4 Å². The van der Waals surface area contributed by atoms with Crippen LogP contribution < -0.4 is 11.2 Å². The highest BCUT2D eigenvalue weighted by Crippen LogP contribution is 2.27. The fourth-order valence-electron chi connectivity index (χ4n) is 1.65. The number of nitrogens with one attached hydrogen (secondary N) is 1. The van der Waals surface area contributed by atoms with Gasteiger partial charge in [-0.3, -0.25) is 14.3 Å². The number of rotatable bonds is 7. The van der Waals surface area contributed by atoms with Crippen LogP contribution in [-0.2, 0) is 0 Å². The summed E-state index contributed by atoms with van der Waals surface area (Å²) in [5, 5.41) is 37.0. The molecule has 0 saturated carbocycles. The molecule has 0 aliphatic heterocycles. The topological polar surface area (TPSA) is 136 Å². The van der Waals surface area contributed by atoms with Crippen LogP contribution in [0.15, 0.2) is 21.9 Å². The van der Waals surface area contributed by atoms with Gasteiger partial charge in [0.25, 0.3) is 5.56 Å². The third kappa shape index (κ3) is 3.93. The average molecular weight is 306 g/mol. The van der Waals surface area contributed by atoms with Crippen molar-refractivity contribution in [1.82, 2.24) is 9.55 Å². The first kappa shape index (κ1) is 16.9. The lowest BCUT2D eigenvalue weighted by atomic mass is 10.1. The predicted molar refractivity (Wildman–Crippen MR) is 73.6 cm³/mol. The van der Waals surface area contributed by atoms with E-state index < -0.39 is 41.5 Å². The molecule has 5 N–H and O–H groups in total. The van der Waals surface area contributed by atoms with E-state index in [0.717, 1.165) is 22.4 Å². The molecule has 0 spiro atoms. The summed E-state index contributed by atoms with van der Waals surface area (Å²) < 4.78 is 1.06. The highest BCUT2D eigenvalue weighted by Gasteiger charge is 2.32. The van der Waals surface area contributed by atoms with Crippen LogP contribution in [0.1, 0.15) is 12.3 Å². The van der Waals surface area contributed by atoms with E-state index in [4.69, 9.17) is 5.11 Å². The molecule has 1 aromatic rings. The maximum absolute atomic E-state index is 11.7. The molecule has 1 aromatic heterocycles. The smallest absolute Gasteiger partial charge is 0.329 e. The van der Waals surface area contributed by atoms with E-state index in [0.29, 0.717) is 5.75 Å². The molecule has 0 unspecified atom stereocenters. The minimum atomic E-state index is -1.62. The van der Waals surface area contributed by atoms with Crippen molar-refractivity contribution in [2.75, 3.05) is 12.4 Å². The summed E-state index contributed by atoms with van der Waals surface area (Å²) in [6, 6.07) is 1.12. The molecule has 0 bridgehead atoms. The van der Waals surface area contributed by atoms with E-state index in [1.165, 1.54) is 6.20 Å². The lowest BCUT2D eigenvalue weighted by Gasteiger charge is -2.29. The van der Waals surface area contributed by atoms with Crippen LogP contribution >= 0.6 is 11.8 Å². The van der Waals surface area contributed by atoms with Crippen LogP contribution in [0.3, 0.4) is 0 Å². The van der Waals surface area contributed by atoms with Crippen LogP contribution in [0.5, 0.6) is 0 Å². The van der Waals surface area contributed by atoms with Crippen LogP contribution in [-0.4, -0.2) is 60.6 Å². The second-order valence-electron chi connectivity index (χ2n) is 4.09. The molecular weight excluding hydrogens is 288 g/mol. The van der Waals surface area contributed by atoms with Crippen molar-refractivity contribution in [1.29, 1.82) is 0 Å². The fraction of sp³-hybridized carbons (Fsp3) is 0.636. The third-order valence-corrected chi connectivity index (χ3v) is 3.87. The summed E-state index contributed by atoms with van der Waals surface area (Å²) in [6.07, 6.45) is -3.44. The van der Waals surface area contributed by atoms with E-state index in [1.54, 1.807) is 6.92 Å². The SMILES string of the molecule is CCS[C@H]([C@@H](O)[C@H](O)[C@H](O)CO)n1ccc(=O)[nH]c1=O. The second kappa shape index (κ2) is 7.60. The number of aromatic amines is 1. The Kier molecular flexibility index (Phi) is 6.43. The van der Waals surface area contributed by atoms with Gasteiger partial charge < -0.3 is 20.4 Å². The molecule has 1 heterocycles. The Hall–Kier alpha value is -1.13. The second-order valence-corrected chi connectivity index (χ2v) is 5.49. The van der Waals surface area contributed by atoms with Gasteiger partial charge in [-0.1, -0.05) is 6.92 Å². The van der Waals surface area contributed by atoms with Crippen LogP contribution in [0.2, 0.25) is 0 Å². The van der Waals surface area contributed by atoms with Gasteiger partial charge in [0.05, 0.1) is 6.61 Å². The van der Waals surface area contributed by atoms with E-state index in [9.17, 15) is 24.9 Å². The Bertz CT molecular complexity index is 530. The van der Waals surface area contributed by atoms with Gasteiger partial charge in [0, 0.05) is 12.3 Å². The zero-order valence-corrected chi connectivity index (χ0v) is 11.7. The summed E-state index contributed by atoms with van der Waals surface area (Å²) >= 11 is 1.15. The van der Waals surface area contributed by atoms with Crippen molar-refractivity contribution in [3.63, 3.8) is 0 Å². The van der Waals surface area contributed by atoms with Crippen molar-refractivity contribution in [3.05, 3.63) is 33.1 Å². The first-order chi connectivity index (χ1) is 9.42. The molecular formula is C11H18N2O6S. The highest BCUT2D eigenvalue weighted by molar-refractivity contribution is 7.99. The normalized spacial score (nSPS) is 17.4. The summed E-state index contributed by atoms with van der Waals surface area (Å²) in [6.45, 7) is 1.07. The summed E-state index contributed by atoms with van der Waals surface area (Å²) in [5.41, 5.74) is -1.30. The monoisotopic (exact) mass is 306 g/mol. The number of thioether (sulfide) groups is 1. The molecule has 0 amide bonds. The molecule has 0 aliphatic rings. The van der Waals surface area contributed by atoms with Gasteiger partial charge in [-0.15, -0.1) is 11.8 Å². The number of nitrogens with zero attached hydrogens (tertiary/aromatic N) is 1. The summed E-state index contributed by atoms with van der Waals surface area (Å²) in [5.74, 6) is 0.523. The number of hydrogen-bond acceptors (Lipinski definition) is 7. The number of aromatic nitrogens is 2. The molecule has 0 aliphatic carbocycles. The van der Waals surface area contributed by atoms with Gasteiger partial charge in [-0.25, -0.2) is 4.79 Å². The number of aliphatic hydroxyl groups is 4. The molecule has 0 saturated heterocycles. The molecule has 114 valence electrons. The number of aliphatic hydroxyl groups excluding tert-OH is 4. The van der Waals surface area contributed by atoms with Gasteiger partial charge in [0.1, 0.15) is 23.7 Å². The Labute approximate surface area is 118 Å². The van der Waals surface area contributed by atoms with Gasteiger partial charge in [0.2, 0.25) is 0 Å². The van der Waals surface area contributed by atoms with Gasteiger partial charge in [-0.2, -0.15) is 0 Å². The van der Waals surface area contributed by atoms with Crippen LogP contribution in [0, 0.1) is 0 Å². The zero-order valence-electron chi connectivity index (χ0n) is 10.8. The van der Waals surface area contributed by atoms with Gasteiger partial charge in [0.15, 0.2) is 0 Å². The lowest BCUT2D eigenvalue weighted by molar-refractivity contribution is -0.0821. The van der Waals surface area contributed by atoms with E-state index in [2.05, 4.69) is 0 Å². The summed E-state index contributed by atoms with van der Waals surface area (Å²) in [7, 11) is 0. The quantitative estimate of drug-likeness (QED) is 0.388. The molecule has 8 nitrogen and oxygen atoms in total. The summed E-state index contributed by atoms with van der Waals surface area (Å²) in [4.78, 5) is 24.8. The highest BCUT2D eigenvalue weighted by atomic mass is 32.2. The van der Waals surface area contributed by atoms with E-state index >= 15 is 0 Å². The minimum absolute atomic E-state index is 0.523. The van der Waals surface area contributed by atoms with Gasteiger partial charge >= 0.3 is 5.69 Å². The molecule has 0 aromatic carbocycles. The molecule has 4 atom stereocenters. The third-order valence-electron chi connectivity index (χ3n) is 2.69. The Morgan fingerprint density at radius 2 is 1.95 bits per heavy atom. The van der Waals surface area contributed by atoms with Crippen molar-refractivity contribution in [3.8, 4) is 0 Å². The maximum Gasteiger partial charge on any atom is 0.329 e. The predicted octanol–water partition coefficient (Wildman–Crippen LogP) is -2.14. The largest absolute Gasteiger partial charge is 0.394 e. The standard InChI is InChI=1S/C11H18N2O6S/c1-2-20-10(9(18)8(17)6(15)5-14)13-4-3-7(16)12-11(13)19/h3-4,6,8-10,14-15,17-18H,2,5H2,1H3,(H,12,16,19)/t6-,8-,9+,10-/m1/s1. The Morgan fingerprint density at radius 1 is 1.30 bits per heavy atom. The molecule has 0 fully saturated rings. The van der Waals surface area contributed by atoms with Crippen molar-refractivity contribution in [2.24, 2.45) is 0 Å². The molecule has 0 radical (unpaired) electrons. The van der Waals surface area contributed by atoms with Crippen molar-refractivity contribution >= 4 is 11.8 Å². The van der Waals surface area contributed by atoms with Gasteiger partial charge in [-0.05, 0) is 5.75 Å². The lowest BCUT2D eigenvalue weighted by Crippen LogP contribution is -2.45. The average Bonchev–Trinajstić information content (AvgIpc) is 2.43. The van der Waals surface area contributed by atoms with Crippen molar-refractivity contribution in [2.45, 2.75) is 30.6 Å². The molecule has 20 heavy (non-hydrogen) atoms. The first-order valence-electron chi connectivity index (χ1n) is 6.00.